The molecule has 1 aromatic rings. The highest BCUT2D eigenvalue weighted by Gasteiger charge is 2.58. The smallest absolute Gasteiger partial charge is 0.354 e. The maximum absolute atomic E-state index is 15.1. The number of aliphatic hydroxyl groups excluding tert-OH is 2. The second kappa shape index (κ2) is 5.95. The van der Waals surface area contributed by atoms with E-state index in [9.17, 15) is 15.0 Å². The van der Waals surface area contributed by atoms with Crippen LogP contribution in [-0.4, -0.2) is 49.7 Å². The number of nitrogens with zero attached hydrogens (tertiary/aromatic N) is 3. The van der Waals surface area contributed by atoms with Gasteiger partial charge >= 0.3 is 5.69 Å². The van der Waals surface area contributed by atoms with E-state index in [1.165, 1.54) is 0 Å². The van der Waals surface area contributed by atoms with E-state index in [0.717, 1.165) is 10.9 Å². The zero-order chi connectivity index (χ0) is 15.6. The summed E-state index contributed by atoms with van der Waals surface area (Å²) in [4.78, 5) is 18.7. The summed E-state index contributed by atoms with van der Waals surface area (Å²) in [6, 6.07) is 0. The summed E-state index contributed by atoms with van der Waals surface area (Å²) in [6.07, 6.45) is -1.67. The standard InChI is InChI=1S/C11H12ClFN4O4/c12-2-1-11(13)6(3-18)7(4-19)21-8(11)17-5-15-9(14)16-10(17)20/h5-8,18-19H,3-4H2,(H2,14,16,20)/t6?,7-,8-,11?/m1/s1. The third-order valence-electron chi connectivity index (χ3n) is 3.27. The summed E-state index contributed by atoms with van der Waals surface area (Å²) < 4.78 is 21.2. The van der Waals surface area contributed by atoms with Gasteiger partial charge in [0.25, 0.3) is 0 Å². The molecule has 114 valence electrons. The molecule has 4 N–H and O–H groups in total. The maximum atomic E-state index is 15.1. The molecule has 0 spiro atoms. The van der Waals surface area contributed by atoms with E-state index in [0.29, 0.717) is 0 Å². The molecule has 8 nitrogen and oxygen atoms in total. The van der Waals surface area contributed by atoms with Crippen LogP contribution in [0.3, 0.4) is 0 Å². The first-order valence-corrected chi connectivity index (χ1v) is 6.25. The quantitative estimate of drug-likeness (QED) is 0.587. The Kier molecular flexibility index (Phi) is 4.43. The van der Waals surface area contributed by atoms with Crippen molar-refractivity contribution in [3.63, 3.8) is 0 Å². The Morgan fingerprint density at radius 2 is 2.29 bits per heavy atom. The van der Waals surface area contributed by atoms with Crippen LogP contribution in [0.25, 0.3) is 0 Å². The molecule has 0 aliphatic carbocycles. The Hall–Kier alpha value is -1.73. The highest BCUT2D eigenvalue weighted by molar-refractivity contribution is 6.30. The lowest BCUT2D eigenvalue weighted by molar-refractivity contribution is -0.0533. The van der Waals surface area contributed by atoms with Gasteiger partial charge in [0.1, 0.15) is 6.33 Å². The molecule has 2 heterocycles. The molecule has 1 fully saturated rings. The minimum Gasteiger partial charge on any atom is -0.396 e. The lowest BCUT2D eigenvalue weighted by atomic mass is 9.87. The van der Waals surface area contributed by atoms with Gasteiger partial charge in [-0.3, -0.25) is 4.57 Å². The molecule has 0 bridgehead atoms. The SMILES string of the molecule is Nc1ncn([C@@H]2O[C@H](CO)C(CO)C2(F)C#CCl)c(=O)n1. The van der Waals surface area contributed by atoms with Crippen molar-refractivity contribution in [3.8, 4) is 11.3 Å². The predicted octanol–water partition coefficient (Wildman–Crippen LogP) is -1.37. The molecule has 2 unspecified atom stereocenters. The first kappa shape index (κ1) is 15.7. The molecule has 10 heteroatoms. The fourth-order valence-electron chi connectivity index (χ4n) is 2.24. The lowest BCUT2D eigenvalue weighted by Crippen LogP contribution is -2.42. The van der Waals surface area contributed by atoms with Crippen molar-refractivity contribution in [1.82, 2.24) is 14.5 Å². The third-order valence-corrected chi connectivity index (χ3v) is 3.36. The summed E-state index contributed by atoms with van der Waals surface area (Å²) in [5, 5.41) is 20.4. The molecule has 1 aliphatic heterocycles. The van der Waals surface area contributed by atoms with Crippen LogP contribution < -0.4 is 11.4 Å². The van der Waals surface area contributed by atoms with Gasteiger partial charge in [0.15, 0.2) is 6.23 Å². The molecule has 4 atom stereocenters. The van der Waals surface area contributed by atoms with Gasteiger partial charge in [0.2, 0.25) is 11.6 Å². The van der Waals surface area contributed by atoms with Crippen LogP contribution in [0.5, 0.6) is 0 Å². The van der Waals surface area contributed by atoms with Crippen LogP contribution in [0.1, 0.15) is 6.23 Å². The summed E-state index contributed by atoms with van der Waals surface area (Å²) in [6.45, 7) is -1.23. The van der Waals surface area contributed by atoms with Gasteiger partial charge in [0.05, 0.1) is 25.2 Å². The molecule has 0 radical (unpaired) electrons. The van der Waals surface area contributed by atoms with Gasteiger partial charge in [0, 0.05) is 5.38 Å². The minimum atomic E-state index is -2.49. The second-order valence-electron chi connectivity index (χ2n) is 4.39. The molecule has 1 aromatic heterocycles. The normalized spacial score (nSPS) is 31.7. The monoisotopic (exact) mass is 318 g/mol. The molecule has 1 saturated heterocycles. The average Bonchev–Trinajstić information content (AvgIpc) is 2.71. The largest absolute Gasteiger partial charge is 0.396 e. The fourth-order valence-corrected chi connectivity index (χ4v) is 2.39. The number of aromatic nitrogens is 3. The Balaban J connectivity index is 2.54. The van der Waals surface area contributed by atoms with Crippen molar-refractivity contribution in [2.45, 2.75) is 18.0 Å². The van der Waals surface area contributed by atoms with Crippen molar-refractivity contribution >= 4 is 17.5 Å². The van der Waals surface area contributed by atoms with Crippen LogP contribution in [0, 0.1) is 17.2 Å². The topological polar surface area (TPSA) is 123 Å². The molecule has 0 saturated carbocycles. The van der Waals surface area contributed by atoms with Crippen molar-refractivity contribution < 1.29 is 19.3 Å². The van der Waals surface area contributed by atoms with Gasteiger partial charge in [-0.25, -0.2) is 14.2 Å². The second-order valence-corrected chi connectivity index (χ2v) is 4.58. The minimum absolute atomic E-state index is 0.278. The number of nitrogens with two attached hydrogens (primary N) is 1. The Morgan fingerprint density at radius 1 is 1.57 bits per heavy atom. The Morgan fingerprint density at radius 3 is 2.81 bits per heavy atom. The molecule has 0 amide bonds. The average molecular weight is 319 g/mol. The number of alkyl halides is 1. The van der Waals surface area contributed by atoms with E-state index in [4.69, 9.17) is 22.1 Å². The lowest BCUT2D eigenvalue weighted by Gasteiger charge is -2.25. The third kappa shape index (κ3) is 2.58. The van der Waals surface area contributed by atoms with Crippen LogP contribution in [-0.2, 0) is 4.74 Å². The van der Waals surface area contributed by atoms with E-state index in [1.807, 2.05) is 5.38 Å². The van der Waals surface area contributed by atoms with Gasteiger partial charge < -0.3 is 20.7 Å². The molecule has 2 rings (SSSR count). The predicted molar refractivity (Wildman–Crippen MR) is 69.7 cm³/mol. The van der Waals surface area contributed by atoms with Crippen molar-refractivity contribution in [2.75, 3.05) is 18.9 Å². The van der Waals surface area contributed by atoms with Crippen LogP contribution in [0.2, 0.25) is 0 Å². The van der Waals surface area contributed by atoms with Crippen molar-refractivity contribution in [1.29, 1.82) is 0 Å². The number of nitrogen functional groups attached to an aromatic ring is 1. The van der Waals surface area contributed by atoms with E-state index in [1.54, 1.807) is 0 Å². The fraction of sp³-hybridized carbons (Fsp3) is 0.545. The summed E-state index contributed by atoms with van der Waals surface area (Å²) in [5.41, 5.74) is 1.87. The highest BCUT2D eigenvalue weighted by atomic mass is 35.5. The van der Waals surface area contributed by atoms with E-state index in [2.05, 4.69) is 15.9 Å². The van der Waals surface area contributed by atoms with Gasteiger partial charge in [-0.2, -0.15) is 4.98 Å². The number of ether oxygens (including phenoxy) is 1. The first-order chi connectivity index (χ1) is 9.97. The zero-order valence-corrected chi connectivity index (χ0v) is 11.4. The number of rotatable bonds is 3. The van der Waals surface area contributed by atoms with Gasteiger partial charge in [-0.05, 0) is 17.5 Å². The van der Waals surface area contributed by atoms with Gasteiger partial charge in [-0.15, -0.1) is 0 Å². The summed E-state index contributed by atoms with van der Waals surface area (Å²) >= 11 is 5.26. The van der Waals surface area contributed by atoms with Gasteiger partial charge in [-0.1, -0.05) is 0 Å². The molecule has 0 aromatic carbocycles. The molecular formula is C11H12ClFN4O4. The van der Waals surface area contributed by atoms with Crippen LogP contribution in [0.15, 0.2) is 11.1 Å². The van der Waals surface area contributed by atoms with Crippen molar-refractivity contribution in [3.05, 3.63) is 16.8 Å². The summed E-state index contributed by atoms with van der Waals surface area (Å²) in [5.74, 6) is 0.613. The number of aliphatic hydroxyl groups is 2. The van der Waals surface area contributed by atoms with E-state index < -0.39 is 42.8 Å². The Labute approximate surface area is 123 Å². The van der Waals surface area contributed by atoms with E-state index in [-0.39, 0.29) is 5.95 Å². The Bertz CT molecular complexity index is 645. The van der Waals surface area contributed by atoms with E-state index >= 15 is 4.39 Å². The van der Waals surface area contributed by atoms with Crippen LogP contribution in [0.4, 0.5) is 10.3 Å². The zero-order valence-electron chi connectivity index (χ0n) is 10.6. The molecule has 21 heavy (non-hydrogen) atoms. The highest BCUT2D eigenvalue weighted by Crippen LogP contribution is 2.44. The number of halogens is 2. The summed E-state index contributed by atoms with van der Waals surface area (Å²) in [7, 11) is 0. The number of hydrogen-bond acceptors (Lipinski definition) is 7. The van der Waals surface area contributed by atoms with Crippen molar-refractivity contribution in [2.24, 2.45) is 5.92 Å². The molecular weight excluding hydrogens is 307 g/mol. The molecule has 1 aliphatic rings. The number of hydrogen-bond donors (Lipinski definition) is 3. The first-order valence-electron chi connectivity index (χ1n) is 5.87. The van der Waals surface area contributed by atoms with Crippen LogP contribution >= 0.6 is 11.6 Å². The maximum Gasteiger partial charge on any atom is 0.354 e. The number of anilines is 1.